The largest absolute Gasteiger partial charge is 0.385 e. The van der Waals surface area contributed by atoms with Crippen molar-refractivity contribution >= 4 is 41.6 Å². The molecule has 0 spiro atoms. The molecule has 1 atom stereocenters. The first-order valence-corrected chi connectivity index (χ1v) is 14.2. The first-order valence-electron chi connectivity index (χ1n) is 12.9. The molecule has 0 saturated carbocycles. The van der Waals surface area contributed by atoms with Gasteiger partial charge in [0.1, 0.15) is 12.6 Å². The number of hydrogen-bond acceptors (Lipinski definition) is 5. The van der Waals surface area contributed by atoms with Crippen molar-refractivity contribution in [2.75, 3.05) is 24.7 Å². The number of anilines is 1. The number of nitrogens with zero attached hydrogens (tertiary/aromatic N) is 1. The maximum absolute atomic E-state index is 11.7. The minimum atomic E-state index is -0.109. The summed E-state index contributed by atoms with van der Waals surface area (Å²) in [5.41, 5.74) is 3.97. The fourth-order valence-electron chi connectivity index (χ4n) is 4.10. The molecular weight excluding hydrogens is 476 g/mol. The van der Waals surface area contributed by atoms with Crippen LogP contribution in [0.2, 0.25) is 5.02 Å². The number of rotatable bonds is 18. The standard InChI is InChI=1S/C29H41ClN2O2S/c1-4-12-26(22-34)32(3)20-27-24(21-33)13-11-14-29(27)35-18-10-8-6-5-7-9-17-31-25-16-15-23(2)28(30)19-25/h11,13-16,19,21-22,26,31H,4-10,12,17-18,20H2,1-3H3. The summed E-state index contributed by atoms with van der Waals surface area (Å²) in [6.45, 7) is 5.69. The molecule has 0 aliphatic heterocycles. The maximum atomic E-state index is 11.7. The van der Waals surface area contributed by atoms with Crippen LogP contribution in [0.15, 0.2) is 41.3 Å². The lowest BCUT2D eigenvalue weighted by atomic mass is 10.1. The van der Waals surface area contributed by atoms with E-state index in [9.17, 15) is 9.59 Å². The second kappa shape index (κ2) is 16.8. The summed E-state index contributed by atoms with van der Waals surface area (Å²) < 4.78 is 0. The Bertz CT molecular complexity index is 922. The summed E-state index contributed by atoms with van der Waals surface area (Å²) in [5, 5.41) is 4.26. The molecule has 192 valence electrons. The van der Waals surface area contributed by atoms with Crippen molar-refractivity contribution in [1.29, 1.82) is 0 Å². The summed E-state index contributed by atoms with van der Waals surface area (Å²) in [4.78, 5) is 26.4. The number of carbonyl (C=O) groups excluding carboxylic acids is 2. The Morgan fingerprint density at radius 1 is 1.06 bits per heavy atom. The van der Waals surface area contributed by atoms with Gasteiger partial charge in [-0.2, -0.15) is 0 Å². The third-order valence-electron chi connectivity index (χ3n) is 6.34. The van der Waals surface area contributed by atoms with E-state index in [4.69, 9.17) is 11.6 Å². The van der Waals surface area contributed by atoms with Crippen molar-refractivity contribution < 1.29 is 9.59 Å². The monoisotopic (exact) mass is 516 g/mol. The number of nitrogens with one attached hydrogen (secondary N) is 1. The average Bonchev–Trinajstić information content (AvgIpc) is 2.86. The van der Waals surface area contributed by atoms with Crippen LogP contribution < -0.4 is 5.32 Å². The molecule has 35 heavy (non-hydrogen) atoms. The molecule has 0 saturated heterocycles. The molecule has 0 radical (unpaired) electrons. The van der Waals surface area contributed by atoms with Gasteiger partial charge in [0.05, 0.1) is 6.04 Å². The van der Waals surface area contributed by atoms with Gasteiger partial charge in [-0.05, 0) is 68.3 Å². The van der Waals surface area contributed by atoms with Crippen LogP contribution in [0, 0.1) is 6.92 Å². The van der Waals surface area contributed by atoms with Gasteiger partial charge >= 0.3 is 0 Å². The SMILES string of the molecule is CCCC(C=O)N(C)Cc1c(C=O)cccc1SCCCCCCCCNc1ccc(C)c(Cl)c1. The van der Waals surface area contributed by atoms with Gasteiger partial charge in [0.25, 0.3) is 0 Å². The van der Waals surface area contributed by atoms with E-state index in [1.807, 2.05) is 50.0 Å². The van der Waals surface area contributed by atoms with Crippen LogP contribution in [0.5, 0.6) is 0 Å². The first kappa shape index (κ1) is 29.4. The van der Waals surface area contributed by atoms with E-state index in [1.54, 1.807) is 0 Å². The smallest absolute Gasteiger partial charge is 0.150 e. The minimum Gasteiger partial charge on any atom is -0.385 e. The van der Waals surface area contributed by atoms with Gasteiger partial charge in [0.15, 0.2) is 0 Å². The van der Waals surface area contributed by atoms with Gasteiger partial charge in [0, 0.05) is 34.3 Å². The van der Waals surface area contributed by atoms with E-state index in [2.05, 4.69) is 29.3 Å². The van der Waals surface area contributed by atoms with Gasteiger partial charge in [-0.15, -0.1) is 11.8 Å². The summed E-state index contributed by atoms with van der Waals surface area (Å²) in [6.07, 6.45) is 11.0. The predicted octanol–water partition coefficient (Wildman–Crippen LogP) is 7.81. The molecule has 0 aliphatic carbocycles. The van der Waals surface area contributed by atoms with Crippen LogP contribution in [0.3, 0.4) is 0 Å². The van der Waals surface area contributed by atoms with E-state index >= 15 is 0 Å². The fourth-order valence-corrected chi connectivity index (χ4v) is 5.38. The summed E-state index contributed by atoms with van der Waals surface area (Å²) in [6, 6.07) is 11.9. The molecule has 1 unspecified atom stereocenters. The Kier molecular flexibility index (Phi) is 14.1. The third kappa shape index (κ3) is 10.4. The highest BCUT2D eigenvalue weighted by Crippen LogP contribution is 2.28. The van der Waals surface area contributed by atoms with Crippen LogP contribution in [0.1, 0.15) is 79.8 Å². The van der Waals surface area contributed by atoms with Crippen molar-refractivity contribution in [3.63, 3.8) is 0 Å². The molecule has 2 rings (SSSR count). The Morgan fingerprint density at radius 2 is 1.80 bits per heavy atom. The quantitative estimate of drug-likeness (QED) is 0.124. The van der Waals surface area contributed by atoms with E-state index in [-0.39, 0.29) is 6.04 Å². The Hall–Kier alpha value is -1.82. The summed E-state index contributed by atoms with van der Waals surface area (Å²) in [5.74, 6) is 1.04. The molecule has 0 bridgehead atoms. The van der Waals surface area contributed by atoms with Crippen LogP contribution in [-0.2, 0) is 11.3 Å². The van der Waals surface area contributed by atoms with Gasteiger partial charge < -0.3 is 10.1 Å². The fraction of sp³-hybridized carbons (Fsp3) is 0.517. The van der Waals surface area contributed by atoms with E-state index in [0.717, 1.165) is 82.8 Å². The van der Waals surface area contributed by atoms with Crippen molar-refractivity contribution in [3.8, 4) is 0 Å². The molecule has 2 aromatic carbocycles. The van der Waals surface area contributed by atoms with Crippen molar-refractivity contribution in [3.05, 3.63) is 58.1 Å². The molecule has 6 heteroatoms. The first-order chi connectivity index (χ1) is 17.0. The zero-order chi connectivity index (χ0) is 25.5. The van der Waals surface area contributed by atoms with Crippen molar-refractivity contribution in [1.82, 2.24) is 4.90 Å². The lowest BCUT2D eigenvalue weighted by Crippen LogP contribution is -2.32. The number of benzene rings is 2. The minimum absolute atomic E-state index is 0.109. The van der Waals surface area contributed by atoms with Gasteiger partial charge in [0.2, 0.25) is 0 Å². The Labute approximate surface area is 221 Å². The van der Waals surface area contributed by atoms with E-state index < -0.39 is 0 Å². The number of thioether (sulfide) groups is 1. The third-order valence-corrected chi connectivity index (χ3v) is 7.93. The Balaban J connectivity index is 1.67. The molecule has 0 fully saturated rings. The second-order valence-corrected chi connectivity index (χ2v) is 10.8. The zero-order valence-electron chi connectivity index (χ0n) is 21.5. The lowest BCUT2D eigenvalue weighted by Gasteiger charge is -2.25. The average molecular weight is 517 g/mol. The molecule has 0 aliphatic rings. The number of hydrogen-bond donors (Lipinski definition) is 1. The number of likely N-dealkylation sites (N-methyl/N-ethyl adjacent to an activating group) is 1. The number of aryl methyl sites for hydroxylation is 1. The highest BCUT2D eigenvalue weighted by atomic mass is 35.5. The zero-order valence-corrected chi connectivity index (χ0v) is 23.1. The highest BCUT2D eigenvalue weighted by Gasteiger charge is 2.17. The van der Waals surface area contributed by atoms with Crippen LogP contribution in [-0.4, -0.2) is 42.9 Å². The second-order valence-electron chi connectivity index (χ2n) is 9.21. The van der Waals surface area contributed by atoms with Gasteiger partial charge in [-0.1, -0.05) is 68.8 Å². The molecule has 0 amide bonds. The van der Waals surface area contributed by atoms with Gasteiger partial charge in [-0.25, -0.2) is 0 Å². The summed E-state index contributed by atoms with van der Waals surface area (Å²) >= 11 is 8.01. The molecule has 1 N–H and O–H groups in total. The number of carbonyl (C=O) groups is 2. The molecule has 2 aromatic rings. The topological polar surface area (TPSA) is 49.4 Å². The number of unbranched alkanes of at least 4 members (excludes halogenated alkanes) is 5. The Morgan fingerprint density at radius 3 is 2.49 bits per heavy atom. The predicted molar refractivity (Wildman–Crippen MR) is 151 cm³/mol. The lowest BCUT2D eigenvalue weighted by molar-refractivity contribution is -0.112. The summed E-state index contributed by atoms with van der Waals surface area (Å²) in [7, 11) is 1.97. The van der Waals surface area contributed by atoms with Gasteiger partial charge in [-0.3, -0.25) is 9.69 Å². The van der Waals surface area contributed by atoms with Crippen molar-refractivity contribution in [2.45, 2.75) is 82.7 Å². The molecular formula is C29H41ClN2O2S. The van der Waals surface area contributed by atoms with E-state index in [0.29, 0.717) is 6.54 Å². The molecule has 0 aromatic heterocycles. The molecule has 0 heterocycles. The van der Waals surface area contributed by atoms with Crippen LogP contribution in [0.25, 0.3) is 0 Å². The van der Waals surface area contributed by atoms with Crippen LogP contribution in [0.4, 0.5) is 5.69 Å². The maximum Gasteiger partial charge on any atom is 0.150 e. The highest BCUT2D eigenvalue weighted by molar-refractivity contribution is 7.99. The number of aldehydes is 2. The van der Waals surface area contributed by atoms with E-state index in [1.165, 1.54) is 25.7 Å². The normalized spacial score (nSPS) is 12.0. The van der Waals surface area contributed by atoms with Crippen molar-refractivity contribution in [2.24, 2.45) is 0 Å². The van der Waals surface area contributed by atoms with Crippen LogP contribution >= 0.6 is 23.4 Å². The number of halogens is 1. The molecule has 4 nitrogen and oxygen atoms in total.